The lowest BCUT2D eigenvalue weighted by atomic mass is 10.2. The second-order valence-corrected chi connectivity index (χ2v) is 4.75. The highest BCUT2D eigenvalue weighted by atomic mass is 127. The molecule has 1 aliphatic heterocycles. The van der Waals surface area contributed by atoms with Gasteiger partial charge < -0.3 is 9.32 Å². The Hall–Kier alpha value is -0.560. The van der Waals surface area contributed by atoms with E-state index in [1.54, 1.807) is 4.90 Å². The molecule has 1 aromatic heterocycles. The van der Waals surface area contributed by atoms with Gasteiger partial charge in [-0.15, -0.1) is 0 Å². The van der Waals surface area contributed by atoms with Gasteiger partial charge in [0.1, 0.15) is 5.76 Å². The van der Waals surface area contributed by atoms with Gasteiger partial charge in [-0.2, -0.15) is 0 Å². The van der Waals surface area contributed by atoms with Crippen LogP contribution in [-0.2, 0) is 11.3 Å². The number of likely N-dealkylation sites (N-methyl/N-ethyl adjacent to an activating group) is 1. The minimum atomic E-state index is -0.0437. The van der Waals surface area contributed by atoms with Crippen LogP contribution < -0.4 is 5.32 Å². The van der Waals surface area contributed by atoms with Crippen LogP contribution in [-0.4, -0.2) is 30.4 Å². The van der Waals surface area contributed by atoms with Gasteiger partial charge in [-0.05, 0) is 41.1 Å². The van der Waals surface area contributed by atoms with E-state index in [9.17, 15) is 4.79 Å². The normalized spacial score (nSPS) is 21.3. The van der Waals surface area contributed by atoms with E-state index in [1.165, 1.54) is 0 Å². The Bertz CT molecular complexity index is 364. The lowest BCUT2D eigenvalue weighted by Gasteiger charge is -2.10. The van der Waals surface area contributed by atoms with E-state index in [0.717, 1.165) is 22.5 Å². The van der Waals surface area contributed by atoms with E-state index in [0.29, 0.717) is 6.54 Å². The van der Waals surface area contributed by atoms with Crippen molar-refractivity contribution in [3.8, 4) is 0 Å². The SMILES string of the molecule is CN1CCC(NCc2ccc(I)o2)C1=O. The summed E-state index contributed by atoms with van der Waals surface area (Å²) in [4.78, 5) is 13.3. The van der Waals surface area contributed by atoms with Crippen molar-refractivity contribution >= 4 is 28.5 Å². The van der Waals surface area contributed by atoms with E-state index in [2.05, 4.69) is 27.9 Å². The molecule has 1 unspecified atom stereocenters. The third-order valence-electron chi connectivity index (χ3n) is 2.58. The molecule has 1 N–H and O–H groups in total. The van der Waals surface area contributed by atoms with Crippen molar-refractivity contribution in [3.63, 3.8) is 0 Å². The molecule has 0 aliphatic carbocycles. The summed E-state index contributed by atoms with van der Waals surface area (Å²) in [6.45, 7) is 1.46. The second-order valence-electron chi connectivity index (χ2n) is 3.69. The zero-order valence-corrected chi connectivity index (χ0v) is 10.7. The number of furan rings is 1. The van der Waals surface area contributed by atoms with Gasteiger partial charge in [0, 0.05) is 13.6 Å². The van der Waals surface area contributed by atoms with Crippen molar-refractivity contribution < 1.29 is 9.21 Å². The minimum absolute atomic E-state index is 0.0437. The van der Waals surface area contributed by atoms with Gasteiger partial charge in [-0.1, -0.05) is 0 Å². The Balaban J connectivity index is 1.86. The number of halogens is 1. The van der Waals surface area contributed by atoms with Crippen LogP contribution in [0.3, 0.4) is 0 Å². The number of hydrogen-bond acceptors (Lipinski definition) is 3. The number of rotatable bonds is 3. The van der Waals surface area contributed by atoms with Gasteiger partial charge in [-0.25, -0.2) is 0 Å². The van der Waals surface area contributed by atoms with E-state index < -0.39 is 0 Å². The zero-order valence-electron chi connectivity index (χ0n) is 8.50. The summed E-state index contributed by atoms with van der Waals surface area (Å²) in [6, 6.07) is 3.80. The summed E-state index contributed by atoms with van der Waals surface area (Å²) in [5, 5.41) is 3.20. The third kappa shape index (κ3) is 2.52. The Morgan fingerprint density at radius 2 is 2.47 bits per heavy atom. The maximum Gasteiger partial charge on any atom is 0.239 e. The van der Waals surface area contributed by atoms with Crippen LogP contribution in [0.4, 0.5) is 0 Å². The summed E-state index contributed by atoms with van der Waals surface area (Å²) in [7, 11) is 1.83. The Labute approximate surface area is 102 Å². The van der Waals surface area contributed by atoms with Gasteiger partial charge in [0.05, 0.1) is 12.6 Å². The number of likely N-dealkylation sites (tertiary alicyclic amines) is 1. The van der Waals surface area contributed by atoms with Gasteiger partial charge in [0.15, 0.2) is 3.77 Å². The molecule has 1 atom stereocenters. The molecule has 0 spiro atoms. The molecule has 0 aromatic carbocycles. The lowest BCUT2D eigenvalue weighted by Crippen LogP contribution is -2.36. The highest BCUT2D eigenvalue weighted by molar-refractivity contribution is 14.1. The molecule has 1 saturated heterocycles. The maximum absolute atomic E-state index is 11.6. The fourth-order valence-corrected chi connectivity index (χ4v) is 2.14. The van der Waals surface area contributed by atoms with Gasteiger partial charge >= 0.3 is 0 Å². The first kappa shape index (κ1) is 10.9. The standard InChI is InChI=1S/C10H13IN2O2/c1-13-5-4-8(10(13)14)12-6-7-2-3-9(11)15-7/h2-3,8,12H,4-6H2,1H3. The molecular formula is C10H13IN2O2. The number of nitrogens with zero attached hydrogens (tertiary/aromatic N) is 1. The van der Waals surface area contributed by atoms with Crippen molar-refractivity contribution in [2.45, 2.75) is 19.0 Å². The highest BCUT2D eigenvalue weighted by Gasteiger charge is 2.28. The summed E-state index contributed by atoms with van der Waals surface area (Å²) < 4.78 is 6.28. The fourth-order valence-electron chi connectivity index (χ4n) is 1.68. The number of carbonyl (C=O) groups is 1. The van der Waals surface area contributed by atoms with Crippen molar-refractivity contribution in [2.24, 2.45) is 0 Å². The van der Waals surface area contributed by atoms with Crippen LogP contribution >= 0.6 is 22.6 Å². The monoisotopic (exact) mass is 320 g/mol. The molecule has 82 valence electrons. The molecule has 1 amide bonds. The average molecular weight is 320 g/mol. The van der Waals surface area contributed by atoms with E-state index in [-0.39, 0.29) is 11.9 Å². The first-order chi connectivity index (χ1) is 7.16. The van der Waals surface area contributed by atoms with Crippen LogP contribution in [0, 0.1) is 3.77 Å². The van der Waals surface area contributed by atoms with Crippen LogP contribution in [0.2, 0.25) is 0 Å². The van der Waals surface area contributed by atoms with E-state index in [1.807, 2.05) is 19.2 Å². The summed E-state index contributed by atoms with van der Waals surface area (Å²) >= 11 is 2.13. The number of hydrogen-bond donors (Lipinski definition) is 1. The predicted molar refractivity (Wildman–Crippen MR) is 64.3 cm³/mol. The molecule has 1 fully saturated rings. The summed E-state index contributed by atoms with van der Waals surface area (Å²) in [6.07, 6.45) is 0.882. The Morgan fingerprint density at radius 1 is 1.67 bits per heavy atom. The van der Waals surface area contributed by atoms with Crippen LogP contribution in [0.5, 0.6) is 0 Å². The fraction of sp³-hybridized carbons (Fsp3) is 0.500. The molecule has 1 aromatic rings. The highest BCUT2D eigenvalue weighted by Crippen LogP contribution is 2.12. The molecule has 0 bridgehead atoms. The third-order valence-corrected chi connectivity index (χ3v) is 3.16. The second kappa shape index (κ2) is 4.52. The zero-order chi connectivity index (χ0) is 10.8. The van der Waals surface area contributed by atoms with Crippen molar-refractivity contribution in [1.29, 1.82) is 0 Å². The van der Waals surface area contributed by atoms with Crippen LogP contribution in [0.1, 0.15) is 12.2 Å². The lowest BCUT2D eigenvalue weighted by molar-refractivity contribution is -0.128. The van der Waals surface area contributed by atoms with Crippen LogP contribution in [0.25, 0.3) is 0 Å². The van der Waals surface area contributed by atoms with E-state index >= 15 is 0 Å². The molecule has 1 aliphatic rings. The molecule has 2 heterocycles. The number of amides is 1. The molecule has 0 radical (unpaired) electrons. The predicted octanol–water partition coefficient (Wildman–Crippen LogP) is 1.20. The minimum Gasteiger partial charge on any atom is -0.454 e. The number of carbonyl (C=O) groups excluding carboxylic acids is 1. The first-order valence-corrected chi connectivity index (χ1v) is 5.97. The molecular weight excluding hydrogens is 307 g/mol. The Morgan fingerprint density at radius 3 is 3.00 bits per heavy atom. The molecule has 2 rings (SSSR count). The molecule has 0 saturated carbocycles. The topological polar surface area (TPSA) is 45.5 Å². The van der Waals surface area contributed by atoms with Gasteiger partial charge in [0.2, 0.25) is 5.91 Å². The largest absolute Gasteiger partial charge is 0.454 e. The average Bonchev–Trinajstić information content (AvgIpc) is 2.74. The molecule has 4 nitrogen and oxygen atoms in total. The van der Waals surface area contributed by atoms with Crippen molar-refractivity contribution in [2.75, 3.05) is 13.6 Å². The smallest absolute Gasteiger partial charge is 0.239 e. The van der Waals surface area contributed by atoms with Gasteiger partial charge in [0.25, 0.3) is 0 Å². The van der Waals surface area contributed by atoms with Crippen LogP contribution in [0.15, 0.2) is 16.5 Å². The molecule has 15 heavy (non-hydrogen) atoms. The van der Waals surface area contributed by atoms with E-state index in [4.69, 9.17) is 4.42 Å². The maximum atomic E-state index is 11.6. The van der Waals surface area contributed by atoms with Gasteiger partial charge in [-0.3, -0.25) is 10.1 Å². The van der Waals surface area contributed by atoms with Crippen molar-refractivity contribution in [1.82, 2.24) is 10.2 Å². The number of nitrogens with one attached hydrogen (secondary N) is 1. The quantitative estimate of drug-likeness (QED) is 0.852. The van der Waals surface area contributed by atoms with Crippen molar-refractivity contribution in [3.05, 3.63) is 21.7 Å². The summed E-state index contributed by atoms with van der Waals surface area (Å²) in [5.41, 5.74) is 0. The Kier molecular flexibility index (Phi) is 3.30. The molecule has 5 heteroatoms. The first-order valence-electron chi connectivity index (χ1n) is 4.89. The summed E-state index contributed by atoms with van der Waals surface area (Å²) in [5.74, 6) is 1.05.